The summed E-state index contributed by atoms with van der Waals surface area (Å²) in [6, 6.07) is 13.3. The van der Waals surface area contributed by atoms with Crippen LogP contribution in [0.2, 0.25) is 0 Å². The molecule has 0 aliphatic heterocycles. The first-order valence-electron chi connectivity index (χ1n) is 9.70. The van der Waals surface area contributed by atoms with Crippen molar-refractivity contribution >= 4 is 5.91 Å². The number of hydrogen-bond donors (Lipinski definition) is 1. The van der Waals surface area contributed by atoms with Crippen molar-refractivity contribution in [3.8, 4) is 11.7 Å². The van der Waals surface area contributed by atoms with Gasteiger partial charge in [-0.2, -0.15) is 0 Å². The number of nitrogens with zero attached hydrogens (tertiary/aromatic N) is 3. The molecule has 1 saturated carbocycles. The molecule has 1 amide bonds. The molecule has 1 N–H and O–H groups in total. The van der Waals surface area contributed by atoms with Gasteiger partial charge in [0, 0.05) is 6.04 Å². The van der Waals surface area contributed by atoms with E-state index < -0.39 is 6.04 Å². The van der Waals surface area contributed by atoms with E-state index in [-0.39, 0.29) is 5.91 Å². The second-order valence-corrected chi connectivity index (χ2v) is 7.04. The monoisotopic (exact) mass is 380 g/mol. The van der Waals surface area contributed by atoms with E-state index in [0.717, 1.165) is 31.4 Å². The largest absolute Gasteiger partial charge is 0.459 e. The number of benzene rings is 1. The zero-order valence-electron chi connectivity index (χ0n) is 15.9. The van der Waals surface area contributed by atoms with Crippen LogP contribution in [0.5, 0.6) is 0 Å². The van der Waals surface area contributed by atoms with Gasteiger partial charge in [0.05, 0.1) is 12.8 Å². The summed E-state index contributed by atoms with van der Waals surface area (Å²) in [7, 11) is 0. The van der Waals surface area contributed by atoms with E-state index in [0.29, 0.717) is 30.1 Å². The molecule has 7 nitrogen and oxygen atoms in total. The lowest BCUT2D eigenvalue weighted by molar-refractivity contribution is -0.127. The minimum Gasteiger partial charge on any atom is -0.459 e. The fourth-order valence-corrected chi connectivity index (χ4v) is 3.25. The Balaban J connectivity index is 1.58. The summed E-state index contributed by atoms with van der Waals surface area (Å²) < 4.78 is 11.1. The van der Waals surface area contributed by atoms with Gasteiger partial charge in [-0.25, -0.2) is 0 Å². The zero-order valence-corrected chi connectivity index (χ0v) is 15.9. The average molecular weight is 380 g/mol. The van der Waals surface area contributed by atoms with Gasteiger partial charge in [0.15, 0.2) is 5.76 Å². The summed E-state index contributed by atoms with van der Waals surface area (Å²) in [4.78, 5) is 15.1. The van der Waals surface area contributed by atoms with E-state index >= 15 is 0 Å². The highest BCUT2D eigenvalue weighted by Crippen LogP contribution is 2.27. The fraction of sp³-hybridized carbons (Fsp3) is 0.381. The molecule has 0 unspecified atom stereocenters. The summed E-state index contributed by atoms with van der Waals surface area (Å²) in [5, 5.41) is 11.4. The van der Waals surface area contributed by atoms with Crippen LogP contribution in [0.25, 0.3) is 11.7 Å². The van der Waals surface area contributed by atoms with Gasteiger partial charge in [-0.1, -0.05) is 37.3 Å². The van der Waals surface area contributed by atoms with Crippen molar-refractivity contribution in [2.75, 3.05) is 6.54 Å². The molecule has 1 aliphatic carbocycles. The van der Waals surface area contributed by atoms with Gasteiger partial charge in [-0.15, -0.1) is 10.2 Å². The third-order valence-corrected chi connectivity index (χ3v) is 4.70. The topological polar surface area (TPSA) is 84.4 Å². The Hall–Kier alpha value is -2.93. The second-order valence-electron chi connectivity index (χ2n) is 7.04. The SMILES string of the molecule is CCCN(Cc1nnc(-c2ccco2)o1)[C@H](C(=O)NC1CC1)c1ccccc1. The predicted octanol–water partition coefficient (Wildman–Crippen LogP) is 3.56. The van der Waals surface area contributed by atoms with Gasteiger partial charge in [-0.3, -0.25) is 9.69 Å². The molecule has 0 bridgehead atoms. The minimum atomic E-state index is -0.402. The van der Waals surface area contributed by atoms with Crippen LogP contribution >= 0.6 is 0 Å². The molecule has 0 spiro atoms. The molecular formula is C21H24N4O3. The van der Waals surface area contributed by atoms with Gasteiger partial charge in [0.2, 0.25) is 11.8 Å². The molecule has 1 fully saturated rings. The van der Waals surface area contributed by atoms with Gasteiger partial charge >= 0.3 is 0 Å². The van der Waals surface area contributed by atoms with Crippen molar-refractivity contribution in [1.82, 2.24) is 20.4 Å². The Morgan fingerprint density at radius 3 is 2.71 bits per heavy atom. The number of amides is 1. The van der Waals surface area contributed by atoms with Crippen LogP contribution in [-0.2, 0) is 11.3 Å². The molecule has 3 aromatic rings. The molecule has 146 valence electrons. The van der Waals surface area contributed by atoms with Crippen LogP contribution in [0.4, 0.5) is 0 Å². The number of carbonyl (C=O) groups is 1. The first kappa shape index (κ1) is 18.4. The Morgan fingerprint density at radius 2 is 2.04 bits per heavy atom. The maximum absolute atomic E-state index is 13.1. The number of nitrogens with one attached hydrogen (secondary N) is 1. The molecule has 1 aliphatic rings. The minimum absolute atomic E-state index is 0.0212. The van der Waals surface area contributed by atoms with E-state index in [1.54, 1.807) is 18.4 Å². The summed E-state index contributed by atoms with van der Waals surface area (Å²) in [6.45, 7) is 3.21. The Bertz CT molecular complexity index is 888. The highest BCUT2D eigenvalue weighted by molar-refractivity contribution is 5.83. The van der Waals surface area contributed by atoms with Crippen molar-refractivity contribution in [3.63, 3.8) is 0 Å². The predicted molar refractivity (Wildman–Crippen MR) is 103 cm³/mol. The summed E-state index contributed by atoms with van der Waals surface area (Å²) in [5.74, 6) is 1.36. The molecule has 0 saturated heterocycles. The lowest BCUT2D eigenvalue weighted by Crippen LogP contribution is -2.41. The van der Waals surface area contributed by atoms with E-state index in [4.69, 9.17) is 8.83 Å². The molecule has 0 radical (unpaired) electrons. The number of hydrogen-bond acceptors (Lipinski definition) is 6. The second kappa shape index (κ2) is 8.39. The normalized spacial score (nSPS) is 14.9. The molecule has 2 heterocycles. The summed E-state index contributed by atoms with van der Waals surface area (Å²) >= 11 is 0. The zero-order chi connectivity index (χ0) is 19.3. The maximum Gasteiger partial charge on any atom is 0.283 e. The van der Waals surface area contributed by atoms with Crippen LogP contribution in [0, 0.1) is 0 Å². The molecule has 4 rings (SSSR count). The molecule has 2 aromatic heterocycles. The fourth-order valence-electron chi connectivity index (χ4n) is 3.25. The van der Waals surface area contributed by atoms with Crippen LogP contribution in [-0.4, -0.2) is 33.6 Å². The molecule has 7 heteroatoms. The molecule has 1 aromatic carbocycles. The molecular weight excluding hydrogens is 356 g/mol. The first-order valence-corrected chi connectivity index (χ1v) is 9.70. The number of carbonyl (C=O) groups excluding carboxylic acids is 1. The van der Waals surface area contributed by atoms with Crippen LogP contribution < -0.4 is 5.32 Å². The van der Waals surface area contributed by atoms with E-state index in [2.05, 4.69) is 27.3 Å². The molecule has 28 heavy (non-hydrogen) atoms. The van der Waals surface area contributed by atoms with Crippen molar-refractivity contribution in [2.45, 2.75) is 44.8 Å². The van der Waals surface area contributed by atoms with E-state index in [9.17, 15) is 4.79 Å². The first-order chi connectivity index (χ1) is 13.7. The van der Waals surface area contributed by atoms with E-state index in [1.807, 2.05) is 30.3 Å². The molecule has 1 atom stereocenters. The van der Waals surface area contributed by atoms with E-state index in [1.165, 1.54) is 0 Å². The Kier molecular flexibility index (Phi) is 5.53. The maximum atomic E-state index is 13.1. The van der Waals surface area contributed by atoms with Crippen molar-refractivity contribution < 1.29 is 13.6 Å². The number of rotatable bonds is 9. The van der Waals surface area contributed by atoms with Crippen LogP contribution in [0.3, 0.4) is 0 Å². The Labute approximate surface area is 163 Å². The third kappa shape index (κ3) is 4.31. The van der Waals surface area contributed by atoms with Crippen molar-refractivity contribution in [1.29, 1.82) is 0 Å². The number of aromatic nitrogens is 2. The quantitative estimate of drug-likeness (QED) is 0.611. The van der Waals surface area contributed by atoms with Crippen molar-refractivity contribution in [2.24, 2.45) is 0 Å². The lowest BCUT2D eigenvalue weighted by atomic mass is 10.0. The Morgan fingerprint density at radius 1 is 1.21 bits per heavy atom. The smallest absolute Gasteiger partial charge is 0.283 e. The summed E-state index contributed by atoms with van der Waals surface area (Å²) in [5.41, 5.74) is 0.958. The van der Waals surface area contributed by atoms with Gasteiger partial charge in [0.25, 0.3) is 5.89 Å². The highest BCUT2D eigenvalue weighted by atomic mass is 16.4. The standard InChI is InChI=1S/C21H24N4O3/c1-2-12-25(14-18-23-24-21(28-18)17-9-6-13-27-17)19(15-7-4-3-5-8-15)20(26)22-16-10-11-16/h3-9,13,16,19H,2,10-12,14H2,1H3,(H,22,26)/t19-/m0/s1. The van der Waals surface area contributed by atoms with Crippen LogP contribution in [0.15, 0.2) is 57.6 Å². The lowest BCUT2D eigenvalue weighted by Gasteiger charge is -2.29. The third-order valence-electron chi connectivity index (χ3n) is 4.70. The average Bonchev–Trinajstić information content (AvgIpc) is 3.17. The van der Waals surface area contributed by atoms with Gasteiger partial charge < -0.3 is 14.2 Å². The van der Waals surface area contributed by atoms with Crippen LogP contribution in [0.1, 0.15) is 43.7 Å². The number of furan rings is 1. The van der Waals surface area contributed by atoms with Gasteiger partial charge in [0.1, 0.15) is 6.04 Å². The summed E-state index contributed by atoms with van der Waals surface area (Å²) in [6.07, 6.45) is 4.57. The van der Waals surface area contributed by atoms with Gasteiger partial charge in [-0.05, 0) is 43.5 Å². The van der Waals surface area contributed by atoms with Crippen molar-refractivity contribution in [3.05, 3.63) is 60.2 Å². The highest BCUT2D eigenvalue weighted by Gasteiger charge is 2.32.